The Morgan fingerprint density at radius 2 is 2.00 bits per heavy atom. The summed E-state index contributed by atoms with van der Waals surface area (Å²) in [5.74, 6) is 1.29. The Kier molecular flexibility index (Phi) is 4.68. The van der Waals surface area contributed by atoms with Crippen molar-refractivity contribution in [3.05, 3.63) is 22.7 Å². The maximum atomic E-state index is 8.80. The molecule has 1 aromatic carbocycles. The number of hydrogen-bond acceptors (Lipinski definition) is 4. The molecule has 1 aliphatic heterocycles. The molecule has 1 atom stereocenters. The molecule has 0 saturated carbocycles. The number of aliphatic hydroxyl groups excluding tert-OH is 1. The van der Waals surface area contributed by atoms with Crippen molar-refractivity contribution < 1.29 is 14.6 Å². The number of ether oxygens (including phenoxy) is 2. The lowest BCUT2D eigenvalue weighted by Crippen LogP contribution is -2.12. The summed E-state index contributed by atoms with van der Waals surface area (Å²) in [5.41, 5.74) is 6.63. The molecule has 0 aliphatic carbocycles. The molecule has 0 bridgehead atoms. The van der Waals surface area contributed by atoms with Crippen molar-refractivity contribution in [2.75, 3.05) is 13.4 Å². The van der Waals surface area contributed by atoms with E-state index in [9.17, 15) is 0 Å². The summed E-state index contributed by atoms with van der Waals surface area (Å²) in [4.78, 5) is 0. The normalized spacial score (nSPS) is 14.4. The zero-order valence-corrected chi connectivity index (χ0v) is 10.1. The summed E-state index contributed by atoms with van der Waals surface area (Å²) in [6.45, 7) is 0.246. The van der Waals surface area contributed by atoms with E-state index < -0.39 is 0 Å². The van der Waals surface area contributed by atoms with Crippen LogP contribution in [-0.2, 0) is 0 Å². The van der Waals surface area contributed by atoms with Crippen molar-refractivity contribution in [1.29, 1.82) is 0 Å². The van der Waals surface area contributed by atoms with Crippen LogP contribution in [0.15, 0.2) is 12.1 Å². The first-order valence-corrected chi connectivity index (χ1v) is 5.05. The SMILES string of the molecule is Cl.NC(CCO)c1cc2c(cc1Cl)OCO2. The summed E-state index contributed by atoms with van der Waals surface area (Å²) in [6.07, 6.45) is 0.472. The summed E-state index contributed by atoms with van der Waals surface area (Å²) >= 11 is 6.04. The van der Waals surface area contributed by atoms with E-state index in [4.69, 9.17) is 31.9 Å². The molecule has 1 unspecified atom stereocenters. The zero-order valence-electron chi connectivity index (χ0n) is 8.48. The lowest BCUT2D eigenvalue weighted by atomic mass is 10.0. The summed E-state index contributed by atoms with van der Waals surface area (Å²) in [7, 11) is 0. The Morgan fingerprint density at radius 3 is 2.62 bits per heavy atom. The number of halogens is 2. The number of fused-ring (bicyclic) bond motifs is 1. The second-order valence-corrected chi connectivity index (χ2v) is 3.75. The predicted molar refractivity (Wildman–Crippen MR) is 63.5 cm³/mol. The van der Waals surface area contributed by atoms with Gasteiger partial charge in [-0.25, -0.2) is 0 Å². The quantitative estimate of drug-likeness (QED) is 0.876. The Bertz CT molecular complexity index is 373. The molecule has 0 amide bonds. The van der Waals surface area contributed by atoms with E-state index in [-0.39, 0.29) is 31.8 Å². The Balaban J connectivity index is 0.00000128. The van der Waals surface area contributed by atoms with Gasteiger partial charge in [0, 0.05) is 23.7 Å². The molecule has 0 fully saturated rings. The van der Waals surface area contributed by atoms with Gasteiger partial charge in [0.15, 0.2) is 11.5 Å². The van der Waals surface area contributed by atoms with E-state index in [1.165, 1.54) is 0 Å². The van der Waals surface area contributed by atoms with Gasteiger partial charge in [0.05, 0.1) is 0 Å². The standard InChI is InChI=1S/C10H12ClNO3.ClH/c11-7-4-10-9(14-5-15-10)3-6(7)8(12)1-2-13;/h3-4,8,13H,1-2,5,12H2;1H. The van der Waals surface area contributed by atoms with Crippen LogP contribution in [0.2, 0.25) is 5.02 Å². The third-order valence-corrected chi connectivity index (χ3v) is 2.66. The average molecular weight is 266 g/mol. The van der Waals surface area contributed by atoms with Crippen molar-refractivity contribution in [3.8, 4) is 11.5 Å². The van der Waals surface area contributed by atoms with E-state index in [2.05, 4.69) is 0 Å². The van der Waals surface area contributed by atoms with Crippen LogP contribution >= 0.6 is 24.0 Å². The van der Waals surface area contributed by atoms with Gasteiger partial charge in [0.25, 0.3) is 0 Å². The third-order valence-electron chi connectivity index (χ3n) is 2.33. The molecular weight excluding hydrogens is 253 g/mol. The van der Waals surface area contributed by atoms with Gasteiger partial charge in [-0.1, -0.05) is 11.6 Å². The molecule has 90 valence electrons. The highest BCUT2D eigenvalue weighted by Gasteiger charge is 2.19. The Morgan fingerprint density at radius 1 is 1.38 bits per heavy atom. The van der Waals surface area contributed by atoms with Gasteiger partial charge in [-0.15, -0.1) is 12.4 Å². The Labute approximate surface area is 105 Å². The van der Waals surface area contributed by atoms with Gasteiger partial charge >= 0.3 is 0 Å². The van der Waals surface area contributed by atoms with Crippen LogP contribution in [0.3, 0.4) is 0 Å². The Hall–Kier alpha value is -0.680. The maximum absolute atomic E-state index is 8.80. The first-order valence-electron chi connectivity index (χ1n) is 4.68. The second kappa shape index (κ2) is 5.59. The average Bonchev–Trinajstić information content (AvgIpc) is 2.63. The number of nitrogens with two attached hydrogens (primary N) is 1. The number of hydrogen-bond donors (Lipinski definition) is 2. The minimum absolute atomic E-state index is 0. The minimum Gasteiger partial charge on any atom is -0.454 e. The number of benzene rings is 1. The van der Waals surface area contributed by atoms with Gasteiger partial charge in [0.1, 0.15) is 0 Å². The third kappa shape index (κ3) is 2.52. The van der Waals surface area contributed by atoms with Crippen LogP contribution in [0.25, 0.3) is 0 Å². The monoisotopic (exact) mass is 265 g/mol. The molecule has 3 N–H and O–H groups in total. The summed E-state index contributed by atoms with van der Waals surface area (Å²) in [6, 6.07) is 3.18. The van der Waals surface area contributed by atoms with Gasteiger partial charge in [0.2, 0.25) is 6.79 Å². The maximum Gasteiger partial charge on any atom is 0.231 e. The molecule has 0 spiro atoms. The smallest absolute Gasteiger partial charge is 0.231 e. The van der Waals surface area contributed by atoms with E-state index in [0.29, 0.717) is 22.9 Å². The van der Waals surface area contributed by atoms with Crippen LogP contribution in [-0.4, -0.2) is 18.5 Å². The lowest BCUT2D eigenvalue weighted by Gasteiger charge is -2.12. The van der Waals surface area contributed by atoms with Crippen LogP contribution < -0.4 is 15.2 Å². The molecule has 6 heteroatoms. The van der Waals surface area contributed by atoms with Crippen molar-refractivity contribution in [2.24, 2.45) is 5.73 Å². The van der Waals surface area contributed by atoms with Crippen molar-refractivity contribution in [2.45, 2.75) is 12.5 Å². The van der Waals surface area contributed by atoms with Crippen molar-refractivity contribution in [3.63, 3.8) is 0 Å². The molecular formula is C10H13Cl2NO3. The van der Waals surface area contributed by atoms with Crippen LogP contribution in [0.5, 0.6) is 11.5 Å². The fraction of sp³-hybridized carbons (Fsp3) is 0.400. The molecule has 0 saturated heterocycles. The molecule has 2 rings (SSSR count). The van der Waals surface area contributed by atoms with Crippen molar-refractivity contribution in [1.82, 2.24) is 0 Å². The first kappa shape index (κ1) is 13.4. The lowest BCUT2D eigenvalue weighted by molar-refractivity contribution is 0.174. The first-order chi connectivity index (χ1) is 7.22. The summed E-state index contributed by atoms with van der Waals surface area (Å²) in [5, 5.41) is 9.35. The highest BCUT2D eigenvalue weighted by Crippen LogP contribution is 2.38. The van der Waals surface area contributed by atoms with Crippen LogP contribution in [0, 0.1) is 0 Å². The highest BCUT2D eigenvalue weighted by atomic mass is 35.5. The van der Waals surface area contributed by atoms with Gasteiger partial charge in [-0.3, -0.25) is 0 Å². The minimum atomic E-state index is -0.281. The zero-order chi connectivity index (χ0) is 10.8. The fourth-order valence-electron chi connectivity index (χ4n) is 1.51. The van der Waals surface area contributed by atoms with Crippen molar-refractivity contribution >= 4 is 24.0 Å². The largest absolute Gasteiger partial charge is 0.454 e. The van der Waals surface area contributed by atoms with E-state index in [1.807, 2.05) is 0 Å². The topological polar surface area (TPSA) is 64.7 Å². The molecule has 4 nitrogen and oxygen atoms in total. The fourth-order valence-corrected chi connectivity index (χ4v) is 1.81. The molecule has 1 aromatic rings. The molecule has 0 aromatic heterocycles. The van der Waals surface area contributed by atoms with Crippen LogP contribution in [0.1, 0.15) is 18.0 Å². The second-order valence-electron chi connectivity index (χ2n) is 3.35. The van der Waals surface area contributed by atoms with E-state index in [0.717, 1.165) is 5.56 Å². The van der Waals surface area contributed by atoms with Gasteiger partial charge in [-0.2, -0.15) is 0 Å². The van der Waals surface area contributed by atoms with E-state index in [1.54, 1.807) is 12.1 Å². The van der Waals surface area contributed by atoms with Gasteiger partial charge < -0.3 is 20.3 Å². The molecule has 16 heavy (non-hydrogen) atoms. The van der Waals surface area contributed by atoms with Crippen LogP contribution in [0.4, 0.5) is 0 Å². The predicted octanol–water partition coefficient (Wildman–Crippen LogP) is 1.87. The molecule has 0 radical (unpaired) electrons. The number of rotatable bonds is 3. The van der Waals surface area contributed by atoms with E-state index >= 15 is 0 Å². The molecule has 1 aliphatic rings. The highest BCUT2D eigenvalue weighted by molar-refractivity contribution is 6.31. The number of aliphatic hydroxyl groups is 1. The summed E-state index contributed by atoms with van der Waals surface area (Å²) < 4.78 is 10.4. The molecule has 1 heterocycles. The van der Waals surface area contributed by atoms with Gasteiger partial charge in [-0.05, 0) is 18.1 Å².